The Morgan fingerprint density at radius 1 is 1.20 bits per heavy atom. The number of imidazole rings is 1. The van der Waals surface area contributed by atoms with Gasteiger partial charge in [-0.1, -0.05) is 12.8 Å². The van der Waals surface area contributed by atoms with Gasteiger partial charge in [0.2, 0.25) is 0 Å². The van der Waals surface area contributed by atoms with Gasteiger partial charge < -0.3 is 10.3 Å². The number of nitrogens with two attached hydrogens (primary N) is 1. The maximum atomic E-state index is 6.08. The van der Waals surface area contributed by atoms with Gasteiger partial charge >= 0.3 is 0 Å². The molecule has 1 aromatic heterocycles. The van der Waals surface area contributed by atoms with Crippen molar-refractivity contribution in [3.63, 3.8) is 0 Å². The molecule has 15 heavy (non-hydrogen) atoms. The van der Waals surface area contributed by atoms with Crippen LogP contribution in [0.3, 0.4) is 0 Å². The van der Waals surface area contributed by atoms with Crippen LogP contribution in [-0.4, -0.2) is 9.55 Å². The van der Waals surface area contributed by atoms with Crippen LogP contribution in [0.4, 0.5) is 0 Å². The Morgan fingerprint density at radius 3 is 2.73 bits per heavy atom. The van der Waals surface area contributed by atoms with E-state index in [1.807, 2.05) is 0 Å². The zero-order valence-electron chi connectivity index (χ0n) is 9.15. The summed E-state index contributed by atoms with van der Waals surface area (Å²) in [7, 11) is 0. The predicted octanol–water partition coefficient (Wildman–Crippen LogP) is 2.33. The monoisotopic (exact) mass is 205 g/mol. The van der Waals surface area contributed by atoms with Crippen LogP contribution in [0.5, 0.6) is 0 Å². The van der Waals surface area contributed by atoms with Crippen LogP contribution < -0.4 is 5.73 Å². The molecule has 0 bridgehead atoms. The summed E-state index contributed by atoms with van der Waals surface area (Å²) in [6.45, 7) is 0. The van der Waals surface area contributed by atoms with Gasteiger partial charge in [0.15, 0.2) is 0 Å². The lowest BCUT2D eigenvalue weighted by Crippen LogP contribution is -2.24. The van der Waals surface area contributed by atoms with Gasteiger partial charge in [-0.3, -0.25) is 0 Å². The molecule has 0 spiro atoms. The third-order valence-corrected chi connectivity index (χ3v) is 3.86. The molecule has 3 rings (SSSR count). The Bertz CT molecular complexity index is 350. The van der Waals surface area contributed by atoms with Crippen LogP contribution >= 0.6 is 0 Å². The first-order valence-corrected chi connectivity index (χ1v) is 6.18. The molecule has 1 unspecified atom stereocenters. The molecule has 1 aliphatic heterocycles. The molecule has 2 heterocycles. The summed E-state index contributed by atoms with van der Waals surface area (Å²) in [4.78, 5) is 4.77. The molecule has 1 aromatic rings. The van der Waals surface area contributed by atoms with Gasteiger partial charge in [0.1, 0.15) is 5.82 Å². The predicted molar refractivity (Wildman–Crippen MR) is 59.6 cm³/mol. The van der Waals surface area contributed by atoms with Crippen molar-refractivity contribution in [1.29, 1.82) is 0 Å². The molecule has 82 valence electrons. The fourth-order valence-electron chi connectivity index (χ4n) is 2.95. The van der Waals surface area contributed by atoms with E-state index in [1.165, 1.54) is 43.6 Å². The summed E-state index contributed by atoms with van der Waals surface area (Å²) >= 11 is 0. The van der Waals surface area contributed by atoms with Crippen molar-refractivity contribution >= 4 is 0 Å². The lowest BCUT2D eigenvalue weighted by molar-refractivity contribution is 0.408. The number of aromatic nitrogens is 2. The van der Waals surface area contributed by atoms with Crippen molar-refractivity contribution in [3.8, 4) is 0 Å². The molecule has 2 N–H and O–H groups in total. The van der Waals surface area contributed by atoms with Crippen molar-refractivity contribution in [2.45, 2.75) is 57.0 Å². The van der Waals surface area contributed by atoms with Crippen LogP contribution in [0.2, 0.25) is 0 Å². The number of nitrogens with zero attached hydrogens (tertiary/aromatic N) is 2. The standard InChI is InChI=1S/C12H19N3/c13-11-6-3-7-12-14-10(8-15(11)12)9-4-1-2-5-9/h8-9,11H,1-7,13H2. The highest BCUT2D eigenvalue weighted by Gasteiger charge is 2.24. The van der Waals surface area contributed by atoms with Crippen LogP contribution in [0.25, 0.3) is 0 Å². The van der Waals surface area contributed by atoms with Crippen molar-refractivity contribution < 1.29 is 0 Å². The van der Waals surface area contributed by atoms with Crippen LogP contribution in [0.1, 0.15) is 62.1 Å². The van der Waals surface area contributed by atoms with E-state index < -0.39 is 0 Å². The molecule has 1 fully saturated rings. The minimum atomic E-state index is 0.177. The third kappa shape index (κ3) is 1.59. The fourth-order valence-corrected chi connectivity index (χ4v) is 2.95. The number of hydrogen-bond acceptors (Lipinski definition) is 2. The van der Waals surface area contributed by atoms with Gasteiger partial charge in [0, 0.05) is 18.5 Å². The highest BCUT2D eigenvalue weighted by molar-refractivity contribution is 5.13. The molecule has 0 amide bonds. The first-order chi connectivity index (χ1) is 7.34. The summed E-state index contributed by atoms with van der Waals surface area (Å²) < 4.78 is 2.21. The Labute approximate surface area is 90.7 Å². The Morgan fingerprint density at radius 2 is 2.00 bits per heavy atom. The third-order valence-electron chi connectivity index (χ3n) is 3.86. The second kappa shape index (κ2) is 3.63. The minimum Gasteiger partial charge on any atom is -0.319 e. The number of hydrogen-bond donors (Lipinski definition) is 1. The number of aryl methyl sites for hydroxylation is 1. The summed E-state index contributed by atoms with van der Waals surface area (Å²) in [6.07, 6.45) is 11.2. The van der Waals surface area contributed by atoms with E-state index in [0.29, 0.717) is 0 Å². The van der Waals surface area contributed by atoms with Gasteiger partial charge in [0.25, 0.3) is 0 Å². The van der Waals surface area contributed by atoms with Crippen molar-refractivity contribution in [2.24, 2.45) is 5.73 Å². The first-order valence-electron chi connectivity index (χ1n) is 6.18. The molecule has 1 atom stereocenters. The molecule has 0 saturated heterocycles. The lowest BCUT2D eigenvalue weighted by Gasteiger charge is -2.20. The van der Waals surface area contributed by atoms with Crippen LogP contribution in [-0.2, 0) is 6.42 Å². The van der Waals surface area contributed by atoms with E-state index >= 15 is 0 Å². The number of fused-ring (bicyclic) bond motifs is 1. The largest absolute Gasteiger partial charge is 0.319 e. The maximum absolute atomic E-state index is 6.08. The molecular weight excluding hydrogens is 186 g/mol. The molecule has 3 nitrogen and oxygen atoms in total. The average molecular weight is 205 g/mol. The van der Waals surface area contributed by atoms with E-state index in [4.69, 9.17) is 10.7 Å². The van der Waals surface area contributed by atoms with Crippen LogP contribution in [0.15, 0.2) is 6.20 Å². The molecule has 0 radical (unpaired) electrons. The second-order valence-corrected chi connectivity index (χ2v) is 4.93. The molecule has 0 aromatic carbocycles. The van der Waals surface area contributed by atoms with Gasteiger partial charge in [0.05, 0.1) is 11.9 Å². The van der Waals surface area contributed by atoms with Gasteiger partial charge in [-0.05, 0) is 25.7 Å². The molecular formula is C12H19N3. The second-order valence-electron chi connectivity index (χ2n) is 4.93. The van der Waals surface area contributed by atoms with Crippen LogP contribution in [0, 0.1) is 0 Å². The highest BCUT2D eigenvalue weighted by atomic mass is 15.2. The van der Waals surface area contributed by atoms with Crippen molar-refractivity contribution in [1.82, 2.24) is 9.55 Å². The van der Waals surface area contributed by atoms with E-state index in [2.05, 4.69) is 10.8 Å². The maximum Gasteiger partial charge on any atom is 0.110 e. The molecule has 2 aliphatic rings. The number of rotatable bonds is 1. The normalized spacial score (nSPS) is 26.9. The quantitative estimate of drug-likeness (QED) is 0.764. The van der Waals surface area contributed by atoms with Gasteiger partial charge in [-0.15, -0.1) is 0 Å². The molecule has 3 heteroatoms. The zero-order chi connectivity index (χ0) is 10.3. The molecule has 1 saturated carbocycles. The van der Waals surface area contributed by atoms with E-state index in [1.54, 1.807) is 0 Å². The Kier molecular flexibility index (Phi) is 2.28. The lowest BCUT2D eigenvalue weighted by atomic mass is 10.1. The van der Waals surface area contributed by atoms with Gasteiger partial charge in [-0.2, -0.15) is 0 Å². The summed E-state index contributed by atoms with van der Waals surface area (Å²) in [5.41, 5.74) is 7.39. The highest BCUT2D eigenvalue weighted by Crippen LogP contribution is 2.34. The SMILES string of the molecule is NC1CCCc2nc(C3CCCC3)cn21. The fraction of sp³-hybridized carbons (Fsp3) is 0.750. The Hall–Kier alpha value is -0.830. The first kappa shape index (κ1) is 9.40. The summed E-state index contributed by atoms with van der Waals surface area (Å²) in [5, 5.41) is 0. The van der Waals surface area contributed by atoms with Crippen molar-refractivity contribution in [3.05, 3.63) is 17.7 Å². The minimum absolute atomic E-state index is 0.177. The topological polar surface area (TPSA) is 43.8 Å². The van der Waals surface area contributed by atoms with E-state index in [0.717, 1.165) is 18.8 Å². The van der Waals surface area contributed by atoms with Crippen molar-refractivity contribution in [2.75, 3.05) is 0 Å². The Balaban J connectivity index is 1.90. The smallest absolute Gasteiger partial charge is 0.110 e. The summed E-state index contributed by atoms with van der Waals surface area (Å²) in [6, 6.07) is 0. The van der Waals surface area contributed by atoms with Gasteiger partial charge in [-0.25, -0.2) is 4.98 Å². The zero-order valence-corrected chi connectivity index (χ0v) is 9.15. The molecule has 1 aliphatic carbocycles. The van der Waals surface area contributed by atoms with E-state index in [9.17, 15) is 0 Å². The average Bonchev–Trinajstić information content (AvgIpc) is 2.86. The van der Waals surface area contributed by atoms with E-state index in [-0.39, 0.29) is 6.17 Å². The summed E-state index contributed by atoms with van der Waals surface area (Å²) in [5.74, 6) is 1.94.